The molecule has 0 spiro atoms. The molecule has 2 heterocycles. The standard InChI is InChI=1S/C23H21ClN2O4S/c24-18-9-7-16(8-10-18)15-30-19-6-2-1-5-17(19)13-20-22(28)26(23(29)31-20)14-21(27)25-11-3-4-12-25/h1-2,5-10,13H,3-4,11-12,14-15H2/b20-13-. The lowest BCUT2D eigenvalue weighted by molar-refractivity contribution is -0.135. The number of rotatable bonds is 6. The third-order valence-electron chi connectivity index (χ3n) is 5.14. The molecule has 4 rings (SSSR count). The maximum Gasteiger partial charge on any atom is 0.294 e. The van der Waals surface area contributed by atoms with Crippen molar-refractivity contribution in [2.24, 2.45) is 0 Å². The molecule has 0 atom stereocenters. The molecule has 0 N–H and O–H groups in total. The van der Waals surface area contributed by atoms with Crippen molar-refractivity contribution in [2.75, 3.05) is 19.6 Å². The molecule has 3 amide bonds. The highest BCUT2D eigenvalue weighted by Crippen LogP contribution is 2.34. The first kappa shape index (κ1) is 21.5. The van der Waals surface area contributed by atoms with Gasteiger partial charge in [0.1, 0.15) is 18.9 Å². The maximum absolute atomic E-state index is 12.8. The van der Waals surface area contributed by atoms with Gasteiger partial charge in [-0.25, -0.2) is 0 Å². The average Bonchev–Trinajstić information content (AvgIpc) is 3.39. The predicted molar refractivity (Wildman–Crippen MR) is 121 cm³/mol. The molecule has 0 radical (unpaired) electrons. The first-order valence-electron chi connectivity index (χ1n) is 10.0. The fraction of sp³-hybridized carbons (Fsp3) is 0.261. The summed E-state index contributed by atoms with van der Waals surface area (Å²) in [6.45, 7) is 1.50. The lowest BCUT2D eigenvalue weighted by Crippen LogP contribution is -2.40. The molecule has 2 saturated heterocycles. The second kappa shape index (κ2) is 9.58. The van der Waals surface area contributed by atoms with Gasteiger partial charge in [-0.2, -0.15) is 0 Å². The van der Waals surface area contributed by atoms with E-state index in [4.69, 9.17) is 16.3 Å². The van der Waals surface area contributed by atoms with Gasteiger partial charge in [0.15, 0.2) is 0 Å². The number of imide groups is 1. The van der Waals surface area contributed by atoms with E-state index in [1.54, 1.807) is 23.1 Å². The largest absolute Gasteiger partial charge is 0.488 e. The van der Waals surface area contributed by atoms with Crippen LogP contribution < -0.4 is 4.74 Å². The Hall–Kier alpha value is -2.77. The Morgan fingerprint density at radius 2 is 1.77 bits per heavy atom. The number of amides is 3. The Kier molecular flexibility index (Phi) is 6.63. The number of carbonyl (C=O) groups is 3. The van der Waals surface area contributed by atoms with Gasteiger partial charge in [-0.15, -0.1) is 0 Å². The predicted octanol–water partition coefficient (Wildman–Crippen LogP) is 4.58. The third-order valence-corrected chi connectivity index (χ3v) is 6.30. The Morgan fingerprint density at radius 3 is 2.52 bits per heavy atom. The number of halogens is 1. The number of likely N-dealkylation sites (tertiary alicyclic amines) is 1. The van der Waals surface area contributed by atoms with Crippen LogP contribution in [-0.2, 0) is 16.2 Å². The van der Waals surface area contributed by atoms with Crippen molar-refractivity contribution in [2.45, 2.75) is 19.4 Å². The summed E-state index contributed by atoms with van der Waals surface area (Å²) in [6, 6.07) is 14.7. The van der Waals surface area contributed by atoms with Gasteiger partial charge in [0, 0.05) is 23.7 Å². The summed E-state index contributed by atoms with van der Waals surface area (Å²) >= 11 is 6.76. The Labute approximate surface area is 189 Å². The Morgan fingerprint density at radius 1 is 1.06 bits per heavy atom. The molecule has 0 saturated carbocycles. The minimum absolute atomic E-state index is 0.187. The van der Waals surface area contributed by atoms with Crippen LogP contribution in [0.1, 0.15) is 24.0 Å². The first-order valence-corrected chi connectivity index (χ1v) is 11.2. The van der Waals surface area contributed by atoms with E-state index in [1.807, 2.05) is 36.4 Å². The van der Waals surface area contributed by atoms with Crippen LogP contribution in [0.15, 0.2) is 53.4 Å². The molecule has 2 aliphatic heterocycles. The summed E-state index contributed by atoms with van der Waals surface area (Å²) in [4.78, 5) is 40.5. The van der Waals surface area contributed by atoms with Crippen molar-refractivity contribution in [3.8, 4) is 5.75 Å². The number of para-hydroxylation sites is 1. The molecular formula is C23H21ClN2O4S. The molecule has 0 bridgehead atoms. The van der Waals surface area contributed by atoms with Crippen molar-refractivity contribution in [3.63, 3.8) is 0 Å². The minimum Gasteiger partial charge on any atom is -0.488 e. The van der Waals surface area contributed by atoms with Crippen LogP contribution in [0.3, 0.4) is 0 Å². The fourth-order valence-electron chi connectivity index (χ4n) is 3.45. The monoisotopic (exact) mass is 456 g/mol. The number of benzene rings is 2. The zero-order chi connectivity index (χ0) is 21.8. The molecule has 0 unspecified atom stereocenters. The van der Waals surface area contributed by atoms with Crippen LogP contribution in [0, 0.1) is 0 Å². The highest BCUT2D eigenvalue weighted by Gasteiger charge is 2.37. The highest BCUT2D eigenvalue weighted by molar-refractivity contribution is 8.18. The molecule has 2 aromatic carbocycles. The summed E-state index contributed by atoms with van der Waals surface area (Å²) in [5.41, 5.74) is 1.65. The molecule has 0 aromatic heterocycles. The summed E-state index contributed by atoms with van der Waals surface area (Å²) < 4.78 is 5.93. The van der Waals surface area contributed by atoms with Gasteiger partial charge in [-0.05, 0) is 54.4 Å². The van der Waals surface area contributed by atoms with E-state index < -0.39 is 11.1 Å². The van der Waals surface area contributed by atoms with Crippen LogP contribution in [0.4, 0.5) is 4.79 Å². The molecule has 2 aromatic rings. The number of hydrogen-bond donors (Lipinski definition) is 0. The van der Waals surface area contributed by atoms with Crippen LogP contribution in [-0.4, -0.2) is 46.5 Å². The first-order chi connectivity index (χ1) is 15.0. The second-order valence-electron chi connectivity index (χ2n) is 7.31. The van der Waals surface area contributed by atoms with Gasteiger partial charge >= 0.3 is 0 Å². The molecule has 0 aliphatic carbocycles. The highest BCUT2D eigenvalue weighted by atomic mass is 35.5. The summed E-state index contributed by atoms with van der Waals surface area (Å²) in [7, 11) is 0. The van der Waals surface area contributed by atoms with E-state index in [0.717, 1.165) is 35.1 Å². The van der Waals surface area contributed by atoms with E-state index in [0.29, 0.717) is 36.0 Å². The molecule has 160 valence electrons. The Bertz CT molecular complexity index is 1030. The minimum atomic E-state index is -0.449. The number of nitrogens with zero attached hydrogens (tertiary/aromatic N) is 2. The van der Waals surface area contributed by atoms with Crippen LogP contribution >= 0.6 is 23.4 Å². The quantitative estimate of drug-likeness (QED) is 0.595. The molecule has 8 heteroatoms. The fourth-order valence-corrected chi connectivity index (χ4v) is 4.41. The number of hydrogen-bond acceptors (Lipinski definition) is 5. The van der Waals surface area contributed by atoms with Crippen molar-refractivity contribution in [1.29, 1.82) is 0 Å². The van der Waals surface area contributed by atoms with Crippen molar-refractivity contribution >= 4 is 46.5 Å². The normalized spacial score (nSPS) is 17.6. The third kappa shape index (κ3) is 5.11. The second-order valence-corrected chi connectivity index (χ2v) is 8.74. The van der Waals surface area contributed by atoms with Crippen LogP contribution in [0.2, 0.25) is 5.02 Å². The summed E-state index contributed by atoms with van der Waals surface area (Å²) in [6.07, 6.45) is 3.56. The van der Waals surface area contributed by atoms with Gasteiger partial charge in [-0.3, -0.25) is 19.3 Å². The number of ether oxygens (including phenoxy) is 1. The lowest BCUT2D eigenvalue weighted by Gasteiger charge is -2.18. The summed E-state index contributed by atoms with van der Waals surface area (Å²) in [5.74, 6) is -0.0415. The number of thioether (sulfide) groups is 1. The smallest absolute Gasteiger partial charge is 0.294 e. The topological polar surface area (TPSA) is 66.9 Å². The van der Waals surface area contributed by atoms with Crippen LogP contribution in [0.5, 0.6) is 5.75 Å². The average molecular weight is 457 g/mol. The van der Waals surface area contributed by atoms with E-state index >= 15 is 0 Å². The van der Waals surface area contributed by atoms with Crippen molar-refractivity contribution < 1.29 is 19.1 Å². The maximum atomic E-state index is 12.8. The lowest BCUT2D eigenvalue weighted by atomic mass is 10.1. The zero-order valence-corrected chi connectivity index (χ0v) is 18.3. The zero-order valence-electron chi connectivity index (χ0n) is 16.8. The Balaban J connectivity index is 1.46. The van der Waals surface area contributed by atoms with Gasteiger partial charge in [-0.1, -0.05) is 41.9 Å². The van der Waals surface area contributed by atoms with Crippen molar-refractivity contribution in [3.05, 3.63) is 69.6 Å². The molecule has 2 aliphatic rings. The van der Waals surface area contributed by atoms with E-state index in [2.05, 4.69) is 0 Å². The van der Waals surface area contributed by atoms with Crippen LogP contribution in [0.25, 0.3) is 6.08 Å². The van der Waals surface area contributed by atoms with Gasteiger partial charge in [0.25, 0.3) is 11.1 Å². The van der Waals surface area contributed by atoms with E-state index in [1.165, 1.54) is 0 Å². The SMILES string of the molecule is O=C(CN1C(=O)S/C(=C\c2ccccc2OCc2ccc(Cl)cc2)C1=O)N1CCCC1. The van der Waals surface area contributed by atoms with Gasteiger partial charge in [0.05, 0.1) is 4.91 Å². The molecule has 2 fully saturated rings. The van der Waals surface area contributed by atoms with Gasteiger partial charge in [0.2, 0.25) is 5.91 Å². The molecule has 6 nitrogen and oxygen atoms in total. The summed E-state index contributed by atoms with van der Waals surface area (Å²) in [5, 5.41) is 0.228. The van der Waals surface area contributed by atoms with Gasteiger partial charge < -0.3 is 9.64 Å². The van der Waals surface area contributed by atoms with E-state index in [9.17, 15) is 14.4 Å². The molecule has 31 heavy (non-hydrogen) atoms. The molecular weight excluding hydrogens is 436 g/mol. The van der Waals surface area contributed by atoms with Crippen molar-refractivity contribution in [1.82, 2.24) is 9.80 Å². The van der Waals surface area contributed by atoms with E-state index in [-0.39, 0.29) is 17.4 Å². The number of carbonyl (C=O) groups excluding carboxylic acids is 3.